The van der Waals surface area contributed by atoms with E-state index in [2.05, 4.69) is 38.0 Å². The molecule has 0 unspecified atom stereocenters. The van der Waals surface area contributed by atoms with E-state index in [1.807, 2.05) is 30.3 Å². The number of rotatable bonds is 3. The summed E-state index contributed by atoms with van der Waals surface area (Å²) in [6, 6.07) is 14.0. The van der Waals surface area contributed by atoms with Crippen LogP contribution in [0.1, 0.15) is 5.82 Å². The number of nitrogen functional groups attached to an aromatic ring is 1. The number of hydrogen-bond donors (Lipinski definition) is 2. The molecule has 1 aromatic heterocycles. The summed E-state index contributed by atoms with van der Waals surface area (Å²) in [7, 11) is 0. The van der Waals surface area contributed by atoms with E-state index in [4.69, 9.17) is 5.73 Å². The van der Waals surface area contributed by atoms with Crippen LogP contribution in [0.25, 0.3) is 11.0 Å². The van der Waals surface area contributed by atoms with E-state index in [-0.39, 0.29) is 0 Å². The van der Waals surface area contributed by atoms with Crippen LogP contribution in [0.2, 0.25) is 0 Å². The maximum absolute atomic E-state index is 5.75. The van der Waals surface area contributed by atoms with Crippen molar-refractivity contribution in [2.75, 3.05) is 5.73 Å². The number of benzene rings is 2. The van der Waals surface area contributed by atoms with Gasteiger partial charge in [-0.15, -0.1) is 11.8 Å². The van der Waals surface area contributed by atoms with Gasteiger partial charge in [-0.3, -0.25) is 0 Å². The molecular weight excluding hydrogens is 322 g/mol. The lowest BCUT2D eigenvalue weighted by atomic mass is 10.3. The molecule has 0 saturated heterocycles. The first-order valence-corrected chi connectivity index (χ1v) is 7.61. The molecule has 19 heavy (non-hydrogen) atoms. The van der Waals surface area contributed by atoms with Gasteiger partial charge >= 0.3 is 0 Å². The molecule has 0 aliphatic heterocycles. The van der Waals surface area contributed by atoms with Gasteiger partial charge in [0, 0.05) is 15.1 Å². The maximum Gasteiger partial charge on any atom is 0.117 e. The molecule has 3 nitrogen and oxygen atoms in total. The third kappa shape index (κ3) is 2.93. The largest absolute Gasteiger partial charge is 0.399 e. The summed E-state index contributed by atoms with van der Waals surface area (Å²) >= 11 is 5.19. The molecule has 0 spiro atoms. The molecule has 0 aliphatic carbocycles. The van der Waals surface area contributed by atoms with E-state index in [9.17, 15) is 0 Å². The van der Waals surface area contributed by atoms with Crippen molar-refractivity contribution >= 4 is 44.4 Å². The van der Waals surface area contributed by atoms with Crippen molar-refractivity contribution in [2.24, 2.45) is 0 Å². The Morgan fingerprint density at radius 3 is 2.74 bits per heavy atom. The molecule has 96 valence electrons. The molecule has 3 N–H and O–H groups in total. The summed E-state index contributed by atoms with van der Waals surface area (Å²) in [5.74, 6) is 1.78. The number of imidazole rings is 1. The van der Waals surface area contributed by atoms with Crippen LogP contribution in [-0.2, 0) is 5.75 Å². The number of thioether (sulfide) groups is 1. The molecule has 0 atom stereocenters. The third-order valence-electron chi connectivity index (χ3n) is 2.74. The van der Waals surface area contributed by atoms with Crippen LogP contribution < -0.4 is 5.73 Å². The number of fused-ring (bicyclic) bond motifs is 1. The number of nitrogens with zero attached hydrogens (tertiary/aromatic N) is 1. The SMILES string of the molecule is Nc1ccc2nc(CSc3ccc(Br)cc3)[nH]c2c1. The van der Waals surface area contributed by atoms with Crippen LogP contribution in [0.15, 0.2) is 51.8 Å². The van der Waals surface area contributed by atoms with Crippen molar-refractivity contribution < 1.29 is 0 Å². The number of hydrogen-bond acceptors (Lipinski definition) is 3. The summed E-state index contributed by atoms with van der Waals surface area (Å²) in [5, 5.41) is 0. The molecule has 0 fully saturated rings. The van der Waals surface area contributed by atoms with Crippen molar-refractivity contribution in [2.45, 2.75) is 10.6 Å². The summed E-state index contributed by atoms with van der Waals surface area (Å²) < 4.78 is 1.09. The quantitative estimate of drug-likeness (QED) is 0.557. The minimum Gasteiger partial charge on any atom is -0.399 e. The van der Waals surface area contributed by atoms with Crippen LogP contribution in [0.5, 0.6) is 0 Å². The first-order valence-electron chi connectivity index (χ1n) is 5.83. The summed E-state index contributed by atoms with van der Waals surface area (Å²) in [5.41, 5.74) is 8.46. The monoisotopic (exact) mass is 333 g/mol. The Kier molecular flexibility index (Phi) is 3.48. The molecule has 3 aromatic rings. The van der Waals surface area contributed by atoms with E-state index in [1.165, 1.54) is 4.90 Å². The van der Waals surface area contributed by atoms with Gasteiger partial charge in [-0.25, -0.2) is 4.98 Å². The Morgan fingerprint density at radius 1 is 1.16 bits per heavy atom. The number of aromatic nitrogens is 2. The molecule has 3 rings (SSSR count). The standard InChI is InChI=1S/C14H12BrN3S/c15-9-1-4-11(5-2-9)19-8-14-17-12-6-3-10(16)7-13(12)18-14/h1-7H,8,16H2,(H,17,18). The van der Waals surface area contributed by atoms with Gasteiger partial charge in [-0.2, -0.15) is 0 Å². The highest BCUT2D eigenvalue weighted by Gasteiger charge is 2.04. The Labute approximate surface area is 123 Å². The highest BCUT2D eigenvalue weighted by Crippen LogP contribution is 2.24. The van der Waals surface area contributed by atoms with Gasteiger partial charge in [-0.05, 0) is 42.5 Å². The Balaban J connectivity index is 1.76. The fraction of sp³-hybridized carbons (Fsp3) is 0.0714. The van der Waals surface area contributed by atoms with Gasteiger partial charge in [0.15, 0.2) is 0 Å². The minimum atomic E-state index is 0.753. The molecule has 0 amide bonds. The molecule has 0 aliphatic rings. The van der Waals surface area contributed by atoms with Crippen LogP contribution in [0, 0.1) is 0 Å². The molecule has 0 saturated carbocycles. The Hall–Kier alpha value is -1.46. The van der Waals surface area contributed by atoms with E-state index in [1.54, 1.807) is 11.8 Å². The highest BCUT2D eigenvalue weighted by molar-refractivity contribution is 9.10. The van der Waals surface area contributed by atoms with Gasteiger partial charge in [0.25, 0.3) is 0 Å². The molecule has 0 radical (unpaired) electrons. The average molecular weight is 334 g/mol. The first kappa shape index (κ1) is 12.6. The second-order valence-corrected chi connectivity index (χ2v) is 6.17. The van der Waals surface area contributed by atoms with Crippen molar-refractivity contribution in [1.29, 1.82) is 0 Å². The molecule has 1 heterocycles. The molecule has 0 bridgehead atoms. The van der Waals surface area contributed by atoms with E-state index in [0.717, 1.165) is 32.8 Å². The Morgan fingerprint density at radius 2 is 1.95 bits per heavy atom. The summed E-state index contributed by atoms with van der Waals surface area (Å²) in [4.78, 5) is 9.07. The number of nitrogens with two attached hydrogens (primary N) is 1. The predicted octanol–water partition coefficient (Wildman–Crippen LogP) is 4.20. The number of nitrogens with one attached hydrogen (secondary N) is 1. The van der Waals surface area contributed by atoms with Crippen LogP contribution in [-0.4, -0.2) is 9.97 Å². The van der Waals surface area contributed by atoms with Gasteiger partial charge in [0.2, 0.25) is 0 Å². The van der Waals surface area contributed by atoms with Crippen molar-refractivity contribution in [3.63, 3.8) is 0 Å². The maximum atomic E-state index is 5.75. The first-order chi connectivity index (χ1) is 9.20. The van der Waals surface area contributed by atoms with Crippen LogP contribution in [0.3, 0.4) is 0 Å². The van der Waals surface area contributed by atoms with Crippen molar-refractivity contribution in [1.82, 2.24) is 9.97 Å². The average Bonchev–Trinajstić information content (AvgIpc) is 2.80. The lowest BCUT2D eigenvalue weighted by Crippen LogP contribution is -1.83. The fourth-order valence-corrected chi connectivity index (χ4v) is 2.86. The lowest BCUT2D eigenvalue weighted by molar-refractivity contribution is 1.14. The lowest BCUT2D eigenvalue weighted by Gasteiger charge is -1.99. The van der Waals surface area contributed by atoms with Crippen molar-refractivity contribution in [3.05, 3.63) is 52.8 Å². The molecule has 2 aromatic carbocycles. The van der Waals surface area contributed by atoms with Gasteiger partial charge in [0.05, 0.1) is 16.8 Å². The van der Waals surface area contributed by atoms with Gasteiger partial charge < -0.3 is 10.7 Å². The third-order valence-corrected chi connectivity index (χ3v) is 4.30. The second-order valence-electron chi connectivity index (χ2n) is 4.20. The van der Waals surface area contributed by atoms with Crippen molar-refractivity contribution in [3.8, 4) is 0 Å². The van der Waals surface area contributed by atoms with Crippen LogP contribution in [0.4, 0.5) is 5.69 Å². The predicted molar refractivity (Wildman–Crippen MR) is 84.2 cm³/mol. The number of aromatic amines is 1. The minimum absolute atomic E-state index is 0.753. The second kappa shape index (κ2) is 5.27. The molecule has 5 heteroatoms. The van der Waals surface area contributed by atoms with Gasteiger partial charge in [-0.1, -0.05) is 15.9 Å². The zero-order valence-electron chi connectivity index (χ0n) is 10.1. The zero-order chi connectivity index (χ0) is 13.2. The van der Waals surface area contributed by atoms with E-state index >= 15 is 0 Å². The summed E-state index contributed by atoms with van der Waals surface area (Å²) in [6.45, 7) is 0. The molecular formula is C14H12BrN3S. The number of halogens is 1. The summed E-state index contributed by atoms with van der Waals surface area (Å²) in [6.07, 6.45) is 0. The Bertz CT molecular complexity index is 706. The number of anilines is 1. The van der Waals surface area contributed by atoms with E-state index < -0.39 is 0 Å². The zero-order valence-corrected chi connectivity index (χ0v) is 12.5. The van der Waals surface area contributed by atoms with Crippen LogP contribution >= 0.6 is 27.7 Å². The number of H-pyrrole nitrogens is 1. The van der Waals surface area contributed by atoms with E-state index in [0.29, 0.717) is 0 Å². The normalized spacial score (nSPS) is 11.0. The topological polar surface area (TPSA) is 54.7 Å². The van der Waals surface area contributed by atoms with Gasteiger partial charge in [0.1, 0.15) is 5.82 Å². The fourth-order valence-electron chi connectivity index (χ4n) is 1.83. The highest BCUT2D eigenvalue weighted by atomic mass is 79.9. The smallest absolute Gasteiger partial charge is 0.117 e.